The molecule has 3 rings (SSSR count). The van der Waals surface area contributed by atoms with E-state index in [0.717, 1.165) is 43.5 Å². The molecular formula is C27H32N2O6S. The number of benzene rings is 3. The summed E-state index contributed by atoms with van der Waals surface area (Å²) in [6.07, 6.45) is 2.86. The van der Waals surface area contributed by atoms with E-state index in [1.54, 1.807) is 36.4 Å². The van der Waals surface area contributed by atoms with Crippen LogP contribution in [0, 0.1) is 0 Å². The minimum absolute atomic E-state index is 0.288. The summed E-state index contributed by atoms with van der Waals surface area (Å²) < 4.78 is 41.3. The molecule has 0 aliphatic carbocycles. The molecule has 0 amide bonds. The lowest BCUT2D eigenvalue weighted by molar-refractivity contribution is 0.0597. The van der Waals surface area contributed by atoms with E-state index in [1.165, 1.54) is 12.7 Å². The Hall–Kier alpha value is -3.56. The first kappa shape index (κ1) is 27.0. The fraction of sp³-hybridized carbons (Fsp3) is 0.296. The average Bonchev–Trinajstić information content (AvgIpc) is 2.87. The van der Waals surface area contributed by atoms with Gasteiger partial charge in [0.15, 0.2) is 0 Å². The number of rotatable bonds is 14. The second-order valence-electron chi connectivity index (χ2n) is 8.18. The van der Waals surface area contributed by atoms with E-state index in [1.807, 2.05) is 36.4 Å². The fourth-order valence-electron chi connectivity index (χ4n) is 3.45. The Labute approximate surface area is 212 Å². The molecule has 0 aromatic heterocycles. The van der Waals surface area contributed by atoms with Crippen LogP contribution < -0.4 is 19.5 Å². The van der Waals surface area contributed by atoms with Crippen LogP contribution in [0.3, 0.4) is 0 Å². The lowest BCUT2D eigenvalue weighted by Gasteiger charge is -2.11. The zero-order chi connectivity index (χ0) is 25.8. The van der Waals surface area contributed by atoms with Gasteiger partial charge in [-0.15, -0.1) is 0 Å². The van der Waals surface area contributed by atoms with Gasteiger partial charge in [-0.2, -0.15) is 0 Å². The summed E-state index contributed by atoms with van der Waals surface area (Å²) in [5.41, 5.74) is 2.99. The topological polar surface area (TPSA) is 103 Å². The number of methoxy groups -OCH3 is 1. The zero-order valence-corrected chi connectivity index (χ0v) is 21.3. The predicted molar refractivity (Wildman–Crippen MR) is 140 cm³/mol. The molecule has 0 fully saturated rings. The molecular weight excluding hydrogens is 480 g/mol. The monoisotopic (exact) mass is 512 g/mol. The first-order valence-corrected chi connectivity index (χ1v) is 13.5. The third-order valence-electron chi connectivity index (χ3n) is 5.25. The summed E-state index contributed by atoms with van der Waals surface area (Å²) in [5.74, 6) is 1.07. The number of esters is 1. The van der Waals surface area contributed by atoms with Crippen molar-refractivity contribution in [1.29, 1.82) is 0 Å². The third-order valence-corrected chi connectivity index (χ3v) is 5.86. The number of anilines is 1. The van der Waals surface area contributed by atoms with Crippen LogP contribution in [0.5, 0.6) is 11.5 Å². The minimum Gasteiger partial charge on any atom is -0.494 e. The molecule has 0 radical (unpaired) electrons. The molecule has 0 aliphatic rings. The maximum absolute atomic E-state index is 11.9. The predicted octanol–water partition coefficient (Wildman–Crippen LogP) is 4.02. The van der Waals surface area contributed by atoms with Gasteiger partial charge in [-0.25, -0.2) is 13.2 Å². The van der Waals surface area contributed by atoms with Crippen LogP contribution in [0.25, 0.3) is 0 Å². The van der Waals surface area contributed by atoms with Crippen molar-refractivity contribution in [1.82, 2.24) is 5.32 Å². The van der Waals surface area contributed by atoms with E-state index >= 15 is 0 Å². The van der Waals surface area contributed by atoms with Crippen LogP contribution in [0.2, 0.25) is 0 Å². The highest BCUT2D eigenvalue weighted by Crippen LogP contribution is 2.18. The quantitative estimate of drug-likeness (QED) is 0.248. The minimum atomic E-state index is -3.28. The van der Waals surface area contributed by atoms with Gasteiger partial charge in [-0.3, -0.25) is 4.72 Å². The molecule has 0 saturated carbocycles. The van der Waals surface area contributed by atoms with Crippen molar-refractivity contribution in [2.24, 2.45) is 0 Å². The number of carbonyl (C=O) groups is 1. The Bertz CT molecular complexity index is 1210. The Morgan fingerprint density at radius 3 is 2.22 bits per heavy atom. The maximum Gasteiger partial charge on any atom is 0.338 e. The van der Waals surface area contributed by atoms with Crippen molar-refractivity contribution >= 4 is 21.7 Å². The summed E-state index contributed by atoms with van der Waals surface area (Å²) in [7, 11) is -1.91. The van der Waals surface area contributed by atoms with Crippen LogP contribution in [-0.4, -0.2) is 47.4 Å². The molecule has 192 valence electrons. The Balaban J connectivity index is 1.31. The van der Waals surface area contributed by atoms with Gasteiger partial charge in [0.25, 0.3) is 0 Å². The van der Waals surface area contributed by atoms with E-state index in [2.05, 4.69) is 10.0 Å². The van der Waals surface area contributed by atoms with Crippen molar-refractivity contribution in [3.05, 3.63) is 89.5 Å². The first-order valence-electron chi connectivity index (χ1n) is 11.6. The van der Waals surface area contributed by atoms with Gasteiger partial charge in [0, 0.05) is 11.3 Å². The van der Waals surface area contributed by atoms with Gasteiger partial charge in [0.05, 0.1) is 25.5 Å². The standard InChI is InChI=1S/C27H32N2O6S/c1-33-27(30)26-7-4-3-6-22(26)20-35-25-12-8-21(9-13-25)16-18-28-17-5-19-34-24-14-10-23(11-15-24)29-36(2,31)32/h3-4,6-15,28-29H,5,16-20H2,1-2H3. The molecule has 2 N–H and O–H groups in total. The number of hydrogen-bond donors (Lipinski definition) is 2. The Morgan fingerprint density at radius 2 is 1.53 bits per heavy atom. The van der Waals surface area contributed by atoms with Gasteiger partial charge >= 0.3 is 5.97 Å². The van der Waals surface area contributed by atoms with Crippen molar-refractivity contribution in [3.63, 3.8) is 0 Å². The highest BCUT2D eigenvalue weighted by atomic mass is 32.2. The van der Waals surface area contributed by atoms with Gasteiger partial charge in [0.2, 0.25) is 10.0 Å². The van der Waals surface area contributed by atoms with Crippen LogP contribution >= 0.6 is 0 Å². The summed E-state index contributed by atoms with van der Waals surface area (Å²) >= 11 is 0. The van der Waals surface area contributed by atoms with Gasteiger partial charge in [-0.05, 0) is 74.0 Å². The van der Waals surface area contributed by atoms with Crippen molar-refractivity contribution < 1.29 is 27.4 Å². The molecule has 3 aromatic rings. The van der Waals surface area contributed by atoms with Gasteiger partial charge in [-0.1, -0.05) is 30.3 Å². The van der Waals surface area contributed by atoms with Crippen LogP contribution in [0.1, 0.15) is 27.9 Å². The summed E-state index contributed by atoms with van der Waals surface area (Å²) in [6, 6.07) is 22.0. The number of ether oxygens (including phenoxy) is 3. The number of nitrogens with one attached hydrogen (secondary N) is 2. The lowest BCUT2D eigenvalue weighted by atomic mass is 10.1. The van der Waals surface area contributed by atoms with E-state index < -0.39 is 10.0 Å². The second kappa shape index (κ2) is 13.5. The molecule has 36 heavy (non-hydrogen) atoms. The Kier molecular flexibility index (Phi) is 10.1. The molecule has 0 unspecified atom stereocenters. The summed E-state index contributed by atoms with van der Waals surface area (Å²) in [5, 5.41) is 3.41. The van der Waals surface area contributed by atoms with Crippen molar-refractivity contribution in [3.8, 4) is 11.5 Å². The van der Waals surface area contributed by atoms with Crippen LogP contribution in [0.4, 0.5) is 5.69 Å². The number of hydrogen-bond acceptors (Lipinski definition) is 7. The van der Waals surface area contributed by atoms with E-state index in [0.29, 0.717) is 23.6 Å². The molecule has 0 atom stereocenters. The molecule has 8 nitrogen and oxygen atoms in total. The fourth-order valence-corrected chi connectivity index (χ4v) is 4.01. The lowest BCUT2D eigenvalue weighted by Crippen LogP contribution is -2.20. The van der Waals surface area contributed by atoms with E-state index in [4.69, 9.17) is 14.2 Å². The van der Waals surface area contributed by atoms with Gasteiger partial charge < -0.3 is 19.5 Å². The van der Waals surface area contributed by atoms with Crippen LogP contribution in [0.15, 0.2) is 72.8 Å². The number of carbonyl (C=O) groups excluding carboxylic acids is 1. The molecule has 0 aliphatic heterocycles. The van der Waals surface area contributed by atoms with E-state index in [9.17, 15) is 13.2 Å². The zero-order valence-electron chi connectivity index (χ0n) is 20.5. The van der Waals surface area contributed by atoms with Gasteiger partial charge in [0.1, 0.15) is 18.1 Å². The average molecular weight is 513 g/mol. The normalized spacial score (nSPS) is 11.1. The van der Waals surface area contributed by atoms with Crippen LogP contribution in [-0.2, 0) is 27.8 Å². The largest absolute Gasteiger partial charge is 0.494 e. The molecule has 9 heteroatoms. The maximum atomic E-state index is 11.9. The highest BCUT2D eigenvalue weighted by molar-refractivity contribution is 7.92. The smallest absolute Gasteiger partial charge is 0.338 e. The first-order chi connectivity index (χ1) is 17.3. The molecule has 0 heterocycles. The number of sulfonamides is 1. The highest BCUT2D eigenvalue weighted by Gasteiger charge is 2.11. The summed E-state index contributed by atoms with van der Waals surface area (Å²) in [4.78, 5) is 11.9. The SMILES string of the molecule is COC(=O)c1ccccc1COc1ccc(CCNCCCOc2ccc(NS(C)(=O)=O)cc2)cc1. The summed E-state index contributed by atoms with van der Waals surface area (Å²) in [6.45, 7) is 2.53. The molecule has 0 spiro atoms. The van der Waals surface area contributed by atoms with Crippen molar-refractivity contribution in [2.75, 3.05) is 37.8 Å². The second-order valence-corrected chi connectivity index (χ2v) is 9.93. The molecule has 3 aromatic carbocycles. The van der Waals surface area contributed by atoms with Crippen molar-refractivity contribution in [2.45, 2.75) is 19.4 Å². The Morgan fingerprint density at radius 1 is 0.861 bits per heavy atom. The molecule has 0 saturated heterocycles. The van der Waals surface area contributed by atoms with E-state index in [-0.39, 0.29) is 12.6 Å². The third kappa shape index (κ3) is 9.24. The molecule has 0 bridgehead atoms.